The fourth-order valence-electron chi connectivity index (χ4n) is 3.28. The number of nitrogens with zero attached hydrogens (tertiary/aromatic N) is 2. The van der Waals surface area contributed by atoms with Crippen molar-refractivity contribution in [1.29, 1.82) is 0 Å². The van der Waals surface area contributed by atoms with Crippen LogP contribution >= 0.6 is 0 Å². The molecular weight excluding hydrogens is 354 g/mol. The lowest BCUT2D eigenvalue weighted by atomic mass is 10.1. The van der Waals surface area contributed by atoms with Crippen molar-refractivity contribution in [2.24, 2.45) is 0 Å². The average molecular weight is 379 g/mol. The van der Waals surface area contributed by atoms with Gasteiger partial charge in [-0.2, -0.15) is 0 Å². The molecule has 0 atom stereocenters. The molecule has 0 unspecified atom stereocenters. The Balaban J connectivity index is 1.56. The fourth-order valence-corrected chi connectivity index (χ4v) is 3.28. The van der Waals surface area contributed by atoms with E-state index >= 15 is 0 Å². The van der Waals surface area contributed by atoms with E-state index in [1.807, 2.05) is 31.2 Å². The van der Waals surface area contributed by atoms with Crippen LogP contribution in [0, 0.1) is 6.92 Å². The zero-order valence-corrected chi connectivity index (χ0v) is 16.3. The summed E-state index contributed by atoms with van der Waals surface area (Å²) in [6, 6.07) is 14.7. The van der Waals surface area contributed by atoms with E-state index in [0.29, 0.717) is 43.9 Å². The number of aryl methyl sites for hydroxylation is 1. The molecule has 2 aromatic rings. The highest BCUT2D eigenvalue weighted by atomic mass is 16.2. The molecule has 1 fully saturated rings. The summed E-state index contributed by atoms with van der Waals surface area (Å²) in [5.41, 5.74) is 3.26. The predicted molar refractivity (Wildman–Crippen MR) is 107 cm³/mol. The maximum Gasteiger partial charge on any atom is 0.253 e. The number of hydrogen-bond acceptors (Lipinski definition) is 3. The number of piperazine rings is 1. The Labute approximate surface area is 165 Å². The van der Waals surface area contributed by atoms with E-state index in [9.17, 15) is 14.4 Å². The van der Waals surface area contributed by atoms with Crippen LogP contribution in [0.5, 0.6) is 0 Å². The predicted octanol–water partition coefficient (Wildman–Crippen LogP) is 2.23. The van der Waals surface area contributed by atoms with Crippen LogP contribution in [0.1, 0.15) is 38.8 Å². The first kappa shape index (κ1) is 19.6. The second-order valence-electron chi connectivity index (χ2n) is 7.05. The zero-order valence-electron chi connectivity index (χ0n) is 16.3. The number of carbonyl (C=O) groups excluding carboxylic acids is 3. The maximum atomic E-state index is 12.6. The van der Waals surface area contributed by atoms with Crippen LogP contribution in [-0.4, -0.2) is 53.7 Å². The van der Waals surface area contributed by atoms with Crippen LogP contribution in [0.15, 0.2) is 48.5 Å². The molecule has 0 bridgehead atoms. The lowest BCUT2D eigenvalue weighted by Crippen LogP contribution is -2.50. The van der Waals surface area contributed by atoms with Gasteiger partial charge >= 0.3 is 0 Å². The first-order chi connectivity index (χ1) is 13.4. The van der Waals surface area contributed by atoms with Crippen molar-refractivity contribution in [1.82, 2.24) is 15.1 Å². The Morgan fingerprint density at radius 3 is 2.11 bits per heavy atom. The van der Waals surface area contributed by atoms with E-state index in [2.05, 4.69) is 5.32 Å². The number of hydrogen-bond donors (Lipinski definition) is 1. The van der Waals surface area contributed by atoms with E-state index in [1.165, 1.54) is 0 Å². The Morgan fingerprint density at radius 1 is 0.893 bits per heavy atom. The number of benzene rings is 2. The molecule has 0 spiro atoms. The summed E-state index contributed by atoms with van der Waals surface area (Å²) in [5, 5.41) is 2.90. The van der Waals surface area contributed by atoms with Crippen LogP contribution in [0.25, 0.3) is 0 Å². The molecular formula is C22H25N3O3. The summed E-state index contributed by atoms with van der Waals surface area (Å²) in [6.07, 6.45) is 0. The normalized spacial score (nSPS) is 13.9. The summed E-state index contributed by atoms with van der Waals surface area (Å²) in [7, 11) is 0. The Hall–Kier alpha value is -3.15. The second kappa shape index (κ2) is 8.69. The van der Waals surface area contributed by atoms with E-state index in [1.54, 1.807) is 41.0 Å². The SMILES string of the molecule is CC(=O)N1CCN(C(=O)c2ccc(C(=O)NCc3cccc(C)c3)cc2)CC1. The molecule has 2 aromatic carbocycles. The third-order valence-corrected chi connectivity index (χ3v) is 4.94. The zero-order chi connectivity index (χ0) is 20.1. The molecule has 1 N–H and O–H groups in total. The molecule has 3 rings (SSSR count). The molecule has 1 heterocycles. The fraction of sp³-hybridized carbons (Fsp3) is 0.318. The topological polar surface area (TPSA) is 69.7 Å². The lowest BCUT2D eigenvalue weighted by molar-refractivity contribution is -0.130. The lowest BCUT2D eigenvalue weighted by Gasteiger charge is -2.34. The smallest absolute Gasteiger partial charge is 0.253 e. The minimum Gasteiger partial charge on any atom is -0.348 e. The van der Waals surface area contributed by atoms with E-state index in [4.69, 9.17) is 0 Å². The molecule has 3 amide bonds. The van der Waals surface area contributed by atoms with Crippen molar-refractivity contribution in [3.05, 3.63) is 70.8 Å². The van der Waals surface area contributed by atoms with Crippen LogP contribution in [0.4, 0.5) is 0 Å². The van der Waals surface area contributed by atoms with Crippen LogP contribution in [-0.2, 0) is 11.3 Å². The van der Waals surface area contributed by atoms with E-state index in [0.717, 1.165) is 11.1 Å². The van der Waals surface area contributed by atoms with Gasteiger partial charge in [-0.05, 0) is 36.8 Å². The van der Waals surface area contributed by atoms with Crippen molar-refractivity contribution >= 4 is 17.7 Å². The minimum absolute atomic E-state index is 0.0353. The molecule has 1 saturated heterocycles. The van der Waals surface area contributed by atoms with Crippen molar-refractivity contribution < 1.29 is 14.4 Å². The van der Waals surface area contributed by atoms with Gasteiger partial charge in [0.25, 0.3) is 11.8 Å². The Morgan fingerprint density at radius 2 is 1.50 bits per heavy atom. The van der Waals surface area contributed by atoms with Gasteiger partial charge in [0.2, 0.25) is 5.91 Å². The summed E-state index contributed by atoms with van der Waals surface area (Å²) in [5.74, 6) is -0.210. The first-order valence-electron chi connectivity index (χ1n) is 9.42. The van der Waals surface area contributed by atoms with Crippen LogP contribution in [0.3, 0.4) is 0 Å². The van der Waals surface area contributed by atoms with Gasteiger partial charge in [0.1, 0.15) is 0 Å². The van der Waals surface area contributed by atoms with Gasteiger partial charge in [0.05, 0.1) is 0 Å². The standard InChI is InChI=1S/C22H25N3O3/c1-16-4-3-5-18(14-16)15-23-21(27)19-6-8-20(9-7-19)22(28)25-12-10-24(11-13-25)17(2)26/h3-9,14H,10-13,15H2,1-2H3,(H,23,27). The molecule has 6 nitrogen and oxygen atoms in total. The quantitative estimate of drug-likeness (QED) is 0.886. The highest BCUT2D eigenvalue weighted by Crippen LogP contribution is 2.11. The summed E-state index contributed by atoms with van der Waals surface area (Å²) < 4.78 is 0. The van der Waals surface area contributed by atoms with Crippen LogP contribution < -0.4 is 5.32 Å². The van der Waals surface area contributed by atoms with Gasteiger partial charge in [-0.3, -0.25) is 14.4 Å². The molecule has 0 saturated carbocycles. The molecule has 1 aliphatic heterocycles. The molecule has 28 heavy (non-hydrogen) atoms. The van der Waals surface area contributed by atoms with Gasteiger partial charge in [-0.25, -0.2) is 0 Å². The van der Waals surface area contributed by atoms with Crippen molar-refractivity contribution in [3.63, 3.8) is 0 Å². The monoisotopic (exact) mass is 379 g/mol. The average Bonchev–Trinajstić information content (AvgIpc) is 2.71. The van der Waals surface area contributed by atoms with Crippen LogP contribution in [0.2, 0.25) is 0 Å². The molecule has 0 aromatic heterocycles. The molecule has 1 aliphatic rings. The number of nitrogens with one attached hydrogen (secondary N) is 1. The molecule has 0 aliphatic carbocycles. The Bertz CT molecular complexity index is 869. The molecule has 6 heteroatoms. The second-order valence-corrected chi connectivity index (χ2v) is 7.05. The largest absolute Gasteiger partial charge is 0.348 e. The highest BCUT2D eigenvalue weighted by molar-refractivity contribution is 5.97. The van der Waals surface area contributed by atoms with Gasteiger partial charge < -0.3 is 15.1 Å². The van der Waals surface area contributed by atoms with E-state index in [-0.39, 0.29) is 17.7 Å². The summed E-state index contributed by atoms with van der Waals surface area (Å²) in [4.78, 5) is 39.8. The molecule has 146 valence electrons. The van der Waals surface area contributed by atoms with Crippen molar-refractivity contribution in [2.45, 2.75) is 20.4 Å². The number of carbonyl (C=O) groups is 3. The van der Waals surface area contributed by atoms with Gasteiger partial charge in [0.15, 0.2) is 0 Å². The van der Waals surface area contributed by atoms with Gasteiger partial charge in [-0.15, -0.1) is 0 Å². The highest BCUT2D eigenvalue weighted by Gasteiger charge is 2.23. The minimum atomic E-state index is -0.171. The third-order valence-electron chi connectivity index (χ3n) is 4.94. The van der Waals surface area contributed by atoms with E-state index < -0.39 is 0 Å². The van der Waals surface area contributed by atoms with Crippen molar-refractivity contribution in [2.75, 3.05) is 26.2 Å². The summed E-state index contributed by atoms with van der Waals surface area (Å²) in [6.45, 7) is 6.18. The van der Waals surface area contributed by atoms with Gasteiger partial charge in [0, 0.05) is 50.8 Å². The first-order valence-corrected chi connectivity index (χ1v) is 9.42. The third kappa shape index (κ3) is 4.76. The molecule has 0 radical (unpaired) electrons. The number of rotatable bonds is 4. The maximum absolute atomic E-state index is 12.6. The number of amides is 3. The summed E-state index contributed by atoms with van der Waals surface area (Å²) >= 11 is 0. The van der Waals surface area contributed by atoms with Gasteiger partial charge in [-0.1, -0.05) is 29.8 Å². The Kier molecular flexibility index (Phi) is 6.09. The van der Waals surface area contributed by atoms with Crippen molar-refractivity contribution in [3.8, 4) is 0 Å².